The molecule has 0 radical (unpaired) electrons. The number of carbonyl (C=O) groups excluding carboxylic acids is 1. The van der Waals surface area contributed by atoms with E-state index in [-0.39, 0.29) is 11.6 Å². The van der Waals surface area contributed by atoms with Gasteiger partial charge in [0.15, 0.2) is 0 Å². The lowest BCUT2D eigenvalue weighted by atomic mass is 10.2. The van der Waals surface area contributed by atoms with Gasteiger partial charge in [0.1, 0.15) is 17.2 Å². The number of benzene rings is 2. The van der Waals surface area contributed by atoms with Crippen LogP contribution in [0.1, 0.15) is 21.7 Å². The molecule has 8 heteroatoms. The summed E-state index contributed by atoms with van der Waals surface area (Å²) >= 11 is 0. The first-order valence-corrected chi connectivity index (χ1v) is 8.68. The predicted octanol–water partition coefficient (Wildman–Crippen LogP) is 3.67. The highest BCUT2D eigenvalue weighted by molar-refractivity contribution is 6.04. The van der Waals surface area contributed by atoms with Crippen LogP contribution in [0.15, 0.2) is 48.5 Å². The summed E-state index contributed by atoms with van der Waals surface area (Å²) in [6, 6.07) is 15.6. The maximum Gasteiger partial charge on any atom is 0.274 e. The molecule has 8 nitrogen and oxygen atoms in total. The Bertz CT molecular complexity index is 1070. The second-order valence-corrected chi connectivity index (χ2v) is 6.05. The van der Waals surface area contributed by atoms with Crippen LogP contribution >= 0.6 is 0 Å². The fraction of sp³-hybridized carbons (Fsp3) is 0.143. The maximum atomic E-state index is 12.8. The Balaban J connectivity index is 1.83. The number of methoxy groups -OCH3 is 2. The van der Waals surface area contributed by atoms with Crippen molar-refractivity contribution < 1.29 is 14.3 Å². The number of nitrogens with one attached hydrogen (secondary N) is 2. The Morgan fingerprint density at radius 3 is 2.45 bits per heavy atom. The van der Waals surface area contributed by atoms with Crippen LogP contribution in [0.4, 0.5) is 17.3 Å². The van der Waals surface area contributed by atoms with E-state index in [4.69, 9.17) is 14.7 Å². The molecule has 0 bridgehead atoms. The lowest BCUT2D eigenvalue weighted by Gasteiger charge is -2.12. The van der Waals surface area contributed by atoms with Crippen molar-refractivity contribution in [3.63, 3.8) is 0 Å². The molecule has 0 aliphatic rings. The average Bonchev–Trinajstić information content (AvgIpc) is 2.73. The van der Waals surface area contributed by atoms with Gasteiger partial charge in [-0.1, -0.05) is 0 Å². The Morgan fingerprint density at radius 1 is 1.03 bits per heavy atom. The number of hydrogen-bond donors (Lipinski definition) is 2. The monoisotopic (exact) mass is 389 g/mol. The molecule has 1 aromatic heterocycles. The third-order valence-electron chi connectivity index (χ3n) is 4.01. The van der Waals surface area contributed by atoms with Gasteiger partial charge in [-0.3, -0.25) is 4.79 Å². The summed E-state index contributed by atoms with van der Waals surface area (Å²) in [5, 5.41) is 14.7. The molecule has 0 unspecified atom stereocenters. The summed E-state index contributed by atoms with van der Waals surface area (Å²) in [5.41, 5.74) is 2.54. The van der Waals surface area contributed by atoms with E-state index in [0.717, 1.165) is 0 Å². The number of anilines is 3. The van der Waals surface area contributed by atoms with E-state index in [1.807, 2.05) is 0 Å². The summed E-state index contributed by atoms with van der Waals surface area (Å²) in [6.07, 6.45) is 0. The topological polar surface area (TPSA) is 109 Å². The Labute approximate surface area is 168 Å². The van der Waals surface area contributed by atoms with Crippen molar-refractivity contribution in [2.24, 2.45) is 0 Å². The first kappa shape index (κ1) is 19.6. The fourth-order valence-electron chi connectivity index (χ4n) is 2.60. The van der Waals surface area contributed by atoms with Gasteiger partial charge in [-0.05, 0) is 49.4 Å². The van der Waals surface area contributed by atoms with Crippen LogP contribution in [0, 0.1) is 18.3 Å². The highest BCUT2D eigenvalue weighted by atomic mass is 16.5. The quantitative estimate of drug-likeness (QED) is 0.662. The van der Waals surface area contributed by atoms with E-state index in [9.17, 15) is 4.79 Å². The van der Waals surface area contributed by atoms with Crippen molar-refractivity contribution in [2.45, 2.75) is 6.92 Å². The highest BCUT2D eigenvalue weighted by Crippen LogP contribution is 2.29. The Morgan fingerprint density at radius 2 is 1.79 bits per heavy atom. The molecule has 0 saturated heterocycles. The first-order chi connectivity index (χ1) is 14.0. The minimum absolute atomic E-state index is 0.193. The number of carbonyl (C=O) groups is 1. The number of ether oxygens (including phenoxy) is 2. The second-order valence-electron chi connectivity index (χ2n) is 6.05. The molecule has 0 saturated carbocycles. The van der Waals surface area contributed by atoms with E-state index in [2.05, 4.69) is 26.7 Å². The number of hydrogen-bond acceptors (Lipinski definition) is 7. The van der Waals surface area contributed by atoms with Crippen molar-refractivity contribution in [1.82, 2.24) is 9.97 Å². The number of rotatable bonds is 6. The second kappa shape index (κ2) is 8.71. The molecule has 29 heavy (non-hydrogen) atoms. The molecule has 0 fully saturated rings. The summed E-state index contributed by atoms with van der Waals surface area (Å²) in [7, 11) is 3.06. The predicted molar refractivity (Wildman–Crippen MR) is 109 cm³/mol. The smallest absolute Gasteiger partial charge is 0.274 e. The molecule has 3 rings (SSSR count). The van der Waals surface area contributed by atoms with Gasteiger partial charge < -0.3 is 20.1 Å². The molecular weight excluding hydrogens is 370 g/mol. The van der Waals surface area contributed by atoms with Crippen LogP contribution in [0.3, 0.4) is 0 Å². The summed E-state index contributed by atoms with van der Waals surface area (Å²) in [6.45, 7) is 1.77. The normalized spacial score (nSPS) is 10.0. The molecule has 146 valence electrons. The van der Waals surface area contributed by atoms with Crippen LogP contribution in [0.5, 0.6) is 11.5 Å². The van der Waals surface area contributed by atoms with Crippen LogP contribution < -0.4 is 20.1 Å². The number of amides is 1. The van der Waals surface area contributed by atoms with Crippen LogP contribution in [0.2, 0.25) is 0 Å². The zero-order valence-corrected chi connectivity index (χ0v) is 16.2. The summed E-state index contributed by atoms with van der Waals surface area (Å²) in [4.78, 5) is 21.4. The van der Waals surface area contributed by atoms with Gasteiger partial charge in [0.25, 0.3) is 5.91 Å². The molecule has 0 aliphatic heterocycles. The van der Waals surface area contributed by atoms with E-state index < -0.39 is 5.91 Å². The average molecular weight is 389 g/mol. The van der Waals surface area contributed by atoms with Crippen molar-refractivity contribution >= 4 is 23.2 Å². The third-order valence-corrected chi connectivity index (χ3v) is 4.01. The largest absolute Gasteiger partial charge is 0.497 e. The SMILES string of the molecule is COc1ccc(OC)c(NC(=O)c2cc(C)nc(Nc3ccc(C#N)cc3)n2)c1. The number of aromatic nitrogens is 2. The molecule has 1 heterocycles. The van der Waals surface area contributed by atoms with Gasteiger partial charge in [0, 0.05) is 17.4 Å². The van der Waals surface area contributed by atoms with E-state index in [0.29, 0.717) is 34.1 Å². The van der Waals surface area contributed by atoms with Crippen LogP contribution in [-0.2, 0) is 0 Å². The molecule has 0 spiro atoms. The maximum absolute atomic E-state index is 12.8. The standard InChI is InChI=1S/C21H19N5O3/c1-13-10-18(20(27)25-17-11-16(28-2)8-9-19(17)29-3)26-21(23-13)24-15-6-4-14(12-22)5-7-15/h4-11H,1-3H3,(H,25,27)(H,23,24,26). The summed E-state index contributed by atoms with van der Waals surface area (Å²) < 4.78 is 10.5. The molecule has 0 aliphatic carbocycles. The number of aryl methyl sites for hydroxylation is 1. The molecule has 3 aromatic rings. The lowest BCUT2D eigenvalue weighted by molar-refractivity contribution is 0.102. The van der Waals surface area contributed by atoms with Gasteiger partial charge in [0.2, 0.25) is 5.95 Å². The van der Waals surface area contributed by atoms with Gasteiger partial charge in [-0.2, -0.15) is 5.26 Å². The molecule has 1 amide bonds. The minimum Gasteiger partial charge on any atom is -0.497 e. The molecule has 0 atom stereocenters. The van der Waals surface area contributed by atoms with Crippen LogP contribution in [0.25, 0.3) is 0 Å². The minimum atomic E-state index is -0.412. The lowest BCUT2D eigenvalue weighted by Crippen LogP contribution is -2.16. The molecule has 2 N–H and O–H groups in total. The number of nitrogens with zero attached hydrogens (tertiary/aromatic N) is 3. The fourth-order valence-corrected chi connectivity index (χ4v) is 2.60. The van der Waals surface area contributed by atoms with Gasteiger partial charge in [0.05, 0.1) is 31.5 Å². The van der Waals surface area contributed by atoms with E-state index >= 15 is 0 Å². The Hall–Kier alpha value is -4.12. The third kappa shape index (κ3) is 4.78. The van der Waals surface area contributed by atoms with Crippen molar-refractivity contribution in [3.05, 3.63) is 65.5 Å². The molecule has 2 aromatic carbocycles. The van der Waals surface area contributed by atoms with Gasteiger partial charge in [-0.25, -0.2) is 9.97 Å². The zero-order valence-electron chi connectivity index (χ0n) is 16.2. The van der Waals surface area contributed by atoms with Crippen molar-refractivity contribution in [3.8, 4) is 17.6 Å². The number of nitriles is 1. The summed E-state index contributed by atoms with van der Waals surface area (Å²) in [5.74, 6) is 0.950. The van der Waals surface area contributed by atoms with Crippen molar-refractivity contribution in [2.75, 3.05) is 24.9 Å². The van der Waals surface area contributed by atoms with Crippen LogP contribution in [-0.4, -0.2) is 30.1 Å². The highest BCUT2D eigenvalue weighted by Gasteiger charge is 2.14. The van der Waals surface area contributed by atoms with E-state index in [1.165, 1.54) is 7.11 Å². The van der Waals surface area contributed by atoms with Gasteiger partial charge >= 0.3 is 0 Å². The first-order valence-electron chi connectivity index (χ1n) is 8.68. The molecular formula is C21H19N5O3. The van der Waals surface area contributed by atoms with Gasteiger partial charge in [-0.15, -0.1) is 0 Å². The Kier molecular flexibility index (Phi) is 5.90. The van der Waals surface area contributed by atoms with Crippen molar-refractivity contribution in [1.29, 1.82) is 5.26 Å². The zero-order chi connectivity index (χ0) is 20.8. The van der Waals surface area contributed by atoms with E-state index in [1.54, 1.807) is 62.6 Å².